The molecular formula is C30H40N2O2. The highest BCUT2D eigenvalue weighted by Crippen LogP contribution is 2.66. The Bertz CT molecular complexity index is 1010. The van der Waals surface area contributed by atoms with Gasteiger partial charge in [-0.1, -0.05) is 37.6 Å². The average Bonchev–Trinajstić information content (AvgIpc) is 3.21. The second-order valence-corrected chi connectivity index (χ2v) is 12.4. The zero-order valence-electron chi connectivity index (χ0n) is 20.9. The lowest BCUT2D eigenvalue weighted by Crippen LogP contribution is -2.52. The molecule has 4 heteroatoms. The van der Waals surface area contributed by atoms with Crippen LogP contribution in [0.3, 0.4) is 0 Å². The number of hydrogen-bond acceptors (Lipinski definition) is 3. The van der Waals surface area contributed by atoms with Crippen LogP contribution in [0.15, 0.2) is 42.3 Å². The molecule has 1 aromatic heterocycles. The monoisotopic (exact) mass is 460 g/mol. The highest BCUT2D eigenvalue weighted by molar-refractivity contribution is 5.72. The number of rotatable bonds is 3. The second-order valence-electron chi connectivity index (χ2n) is 12.4. The lowest BCUT2D eigenvalue weighted by Gasteiger charge is -2.58. The fraction of sp³-hybridized carbons (Fsp3) is 0.667. The maximum Gasteiger partial charge on any atom is 0.306 e. The van der Waals surface area contributed by atoms with Crippen molar-refractivity contribution in [3.05, 3.63) is 47.8 Å². The molecule has 3 fully saturated rings. The Labute approximate surface area is 204 Å². The molecule has 4 nitrogen and oxygen atoms in total. The molecule has 4 aliphatic carbocycles. The molecule has 1 saturated heterocycles. The summed E-state index contributed by atoms with van der Waals surface area (Å²) in [5.41, 5.74) is 5.26. The van der Waals surface area contributed by atoms with Crippen molar-refractivity contribution in [2.45, 2.75) is 77.7 Å². The van der Waals surface area contributed by atoms with Crippen LogP contribution in [0.4, 0.5) is 0 Å². The fourth-order valence-corrected chi connectivity index (χ4v) is 9.00. The first-order valence-electron chi connectivity index (χ1n) is 13.7. The van der Waals surface area contributed by atoms with E-state index in [4.69, 9.17) is 0 Å². The molecule has 2 saturated carbocycles. The van der Waals surface area contributed by atoms with Gasteiger partial charge < -0.3 is 10.0 Å². The van der Waals surface area contributed by atoms with Gasteiger partial charge in [0, 0.05) is 18.4 Å². The number of likely N-dealkylation sites (tertiary alicyclic amines) is 1. The third-order valence-electron chi connectivity index (χ3n) is 11.0. The topological polar surface area (TPSA) is 53.4 Å². The largest absolute Gasteiger partial charge is 0.481 e. The summed E-state index contributed by atoms with van der Waals surface area (Å²) in [5.74, 6) is 1.62. The lowest BCUT2D eigenvalue weighted by atomic mass is 9.47. The third kappa shape index (κ3) is 3.43. The van der Waals surface area contributed by atoms with Gasteiger partial charge in [0.2, 0.25) is 0 Å². The first-order chi connectivity index (χ1) is 16.4. The predicted octanol–water partition coefficient (Wildman–Crippen LogP) is 6.20. The summed E-state index contributed by atoms with van der Waals surface area (Å²) >= 11 is 0. The van der Waals surface area contributed by atoms with Crippen molar-refractivity contribution in [1.82, 2.24) is 9.88 Å². The number of fused-ring (bicyclic) bond motifs is 5. The third-order valence-corrected chi connectivity index (χ3v) is 11.0. The number of pyridine rings is 1. The zero-order valence-corrected chi connectivity index (χ0v) is 20.9. The number of carboxylic acids is 1. The minimum Gasteiger partial charge on any atom is -0.481 e. The van der Waals surface area contributed by atoms with Crippen molar-refractivity contribution in [2.24, 2.45) is 34.5 Å². The molecule has 1 N–H and O–H groups in total. The van der Waals surface area contributed by atoms with Crippen LogP contribution in [0.1, 0.15) is 77.2 Å². The number of carboxylic acid groups (broad SMARTS) is 1. The highest BCUT2D eigenvalue weighted by Gasteiger charge is 2.57. The summed E-state index contributed by atoms with van der Waals surface area (Å²) < 4.78 is 0. The van der Waals surface area contributed by atoms with Crippen LogP contribution in [0.25, 0.3) is 5.57 Å². The van der Waals surface area contributed by atoms with Gasteiger partial charge >= 0.3 is 5.97 Å². The lowest BCUT2D eigenvalue weighted by molar-refractivity contribution is -0.143. The minimum absolute atomic E-state index is 0.132. The number of aromatic nitrogens is 1. The van der Waals surface area contributed by atoms with Crippen LogP contribution in [0, 0.1) is 34.5 Å². The number of carbonyl (C=O) groups is 1. The fourth-order valence-electron chi connectivity index (χ4n) is 9.00. The van der Waals surface area contributed by atoms with Crippen LogP contribution in [-0.4, -0.2) is 40.1 Å². The Morgan fingerprint density at radius 2 is 1.82 bits per heavy atom. The summed E-state index contributed by atoms with van der Waals surface area (Å²) in [4.78, 5) is 18.4. The van der Waals surface area contributed by atoms with Crippen LogP contribution in [-0.2, 0) is 4.79 Å². The maximum absolute atomic E-state index is 11.4. The van der Waals surface area contributed by atoms with Gasteiger partial charge in [0.1, 0.15) is 0 Å². The van der Waals surface area contributed by atoms with Crippen LogP contribution in [0.2, 0.25) is 0 Å². The van der Waals surface area contributed by atoms with E-state index in [1.54, 1.807) is 11.1 Å². The average molecular weight is 461 g/mol. The van der Waals surface area contributed by atoms with E-state index in [0.717, 1.165) is 43.7 Å². The maximum atomic E-state index is 11.4. The number of piperidine rings is 1. The van der Waals surface area contributed by atoms with Crippen molar-refractivity contribution in [1.29, 1.82) is 0 Å². The number of aliphatic carboxylic acids is 1. The van der Waals surface area contributed by atoms with Gasteiger partial charge in [-0.2, -0.15) is 0 Å². The van der Waals surface area contributed by atoms with Crippen LogP contribution in [0.5, 0.6) is 0 Å². The standard InChI is InChI=1S/C30H40N2O2/c1-29-13-9-23(32-16-11-20(12-17-32)28(33)34)18-22(29)5-6-24-26-8-7-25(21-4-3-15-31-19-21)30(26,2)14-10-27(24)29/h3-5,7,15,19-20,23-24,26-27H,6,8-14,16-18H2,1-2H3,(H,33,34)/t23-,24-,26-,27-,29-,30+/m0/s1. The summed E-state index contributed by atoms with van der Waals surface area (Å²) in [5, 5.41) is 9.36. The van der Waals surface area contributed by atoms with Gasteiger partial charge in [0.15, 0.2) is 0 Å². The number of hydrogen-bond donors (Lipinski definition) is 1. The van der Waals surface area contributed by atoms with E-state index in [9.17, 15) is 9.90 Å². The van der Waals surface area contributed by atoms with Crippen molar-refractivity contribution in [2.75, 3.05) is 13.1 Å². The van der Waals surface area contributed by atoms with Gasteiger partial charge in [0.25, 0.3) is 0 Å². The SMILES string of the molecule is C[C@]12CC[C@H](N3CCC(C(=O)O)CC3)CC1=CC[C@@H]1[C@@H]2CC[C@]2(C)C(c3cccnc3)=CC[C@@H]12. The summed E-state index contributed by atoms with van der Waals surface area (Å²) in [6, 6.07) is 4.95. The molecule has 1 aromatic rings. The summed E-state index contributed by atoms with van der Waals surface area (Å²) in [6.45, 7) is 7.05. The van der Waals surface area contributed by atoms with Gasteiger partial charge in [-0.15, -0.1) is 0 Å². The summed E-state index contributed by atoms with van der Waals surface area (Å²) in [6.07, 6.45) is 19.7. The Morgan fingerprint density at radius 1 is 1.03 bits per heavy atom. The minimum atomic E-state index is -0.603. The zero-order chi connectivity index (χ0) is 23.5. The highest BCUT2D eigenvalue weighted by atomic mass is 16.4. The van der Waals surface area contributed by atoms with Gasteiger partial charge in [-0.3, -0.25) is 9.78 Å². The molecule has 0 spiro atoms. The molecule has 0 bridgehead atoms. The Morgan fingerprint density at radius 3 is 2.56 bits per heavy atom. The van der Waals surface area contributed by atoms with Crippen molar-refractivity contribution in [3.8, 4) is 0 Å². The summed E-state index contributed by atoms with van der Waals surface area (Å²) in [7, 11) is 0. The molecule has 6 atom stereocenters. The van der Waals surface area contributed by atoms with Crippen molar-refractivity contribution >= 4 is 11.5 Å². The molecule has 0 aromatic carbocycles. The van der Waals surface area contributed by atoms with Crippen molar-refractivity contribution < 1.29 is 9.90 Å². The quantitative estimate of drug-likeness (QED) is 0.546. The predicted molar refractivity (Wildman–Crippen MR) is 135 cm³/mol. The first kappa shape index (κ1) is 22.5. The van der Waals surface area contributed by atoms with Gasteiger partial charge in [0.05, 0.1) is 5.92 Å². The van der Waals surface area contributed by atoms with E-state index in [1.807, 2.05) is 6.20 Å². The van der Waals surface area contributed by atoms with E-state index in [-0.39, 0.29) is 11.3 Å². The van der Waals surface area contributed by atoms with E-state index >= 15 is 0 Å². The molecule has 34 heavy (non-hydrogen) atoms. The van der Waals surface area contributed by atoms with Crippen LogP contribution >= 0.6 is 0 Å². The molecule has 0 unspecified atom stereocenters. The van der Waals surface area contributed by atoms with E-state index in [0.29, 0.717) is 11.5 Å². The molecule has 2 heterocycles. The van der Waals surface area contributed by atoms with Crippen molar-refractivity contribution in [3.63, 3.8) is 0 Å². The van der Waals surface area contributed by atoms with E-state index in [1.165, 1.54) is 50.5 Å². The Hall–Kier alpha value is -1.94. The molecule has 1 aliphatic heterocycles. The molecule has 0 amide bonds. The normalized spacial score (nSPS) is 40.5. The molecule has 182 valence electrons. The Balaban J connectivity index is 1.18. The van der Waals surface area contributed by atoms with Gasteiger partial charge in [-0.25, -0.2) is 0 Å². The van der Waals surface area contributed by atoms with E-state index in [2.05, 4.69) is 54.2 Å². The second kappa shape index (κ2) is 8.33. The van der Waals surface area contributed by atoms with Crippen LogP contribution < -0.4 is 0 Å². The number of nitrogens with zero attached hydrogens (tertiary/aromatic N) is 2. The Kier molecular flexibility index (Phi) is 5.51. The molecule has 5 aliphatic rings. The first-order valence-corrected chi connectivity index (χ1v) is 13.7. The molecular weight excluding hydrogens is 420 g/mol. The number of allylic oxidation sites excluding steroid dienone is 3. The smallest absolute Gasteiger partial charge is 0.306 e. The molecule has 6 rings (SSSR count). The molecule has 0 radical (unpaired) electrons. The van der Waals surface area contributed by atoms with E-state index < -0.39 is 5.97 Å². The van der Waals surface area contributed by atoms with Gasteiger partial charge in [-0.05, 0) is 117 Å².